The number of fused-ring (bicyclic) bond motifs is 1. The molecule has 0 bridgehead atoms. The number of carbonyl (C=O) groups excluding carboxylic acids is 1. The van der Waals surface area contributed by atoms with E-state index in [1.165, 1.54) is 5.56 Å². The molecule has 2 aromatic rings. The summed E-state index contributed by atoms with van der Waals surface area (Å²) in [6.45, 7) is 2.09. The molecule has 1 atom stereocenters. The van der Waals surface area contributed by atoms with Gasteiger partial charge >= 0.3 is 0 Å². The zero-order valence-electron chi connectivity index (χ0n) is 13.3. The monoisotopic (exact) mass is 305 g/mol. The normalized spacial score (nSPS) is 14.8. The summed E-state index contributed by atoms with van der Waals surface area (Å²) in [5.74, 6) is 0.171. The van der Waals surface area contributed by atoms with Crippen LogP contribution in [0.5, 0.6) is 0 Å². The third-order valence-corrected chi connectivity index (χ3v) is 4.35. The van der Waals surface area contributed by atoms with Crippen molar-refractivity contribution in [2.24, 2.45) is 0 Å². The quantitative estimate of drug-likeness (QED) is 0.942. The first kappa shape index (κ1) is 15.1. The van der Waals surface area contributed by atoms with Crippen LogP contribution in [0.15, 0.2) is 42.5 Å². The molecular weight excluding hydrogens is 286 g/mol. The summed E-state index contributed by atoms with van der Waals surface area (Å²) in [6, 6.07) is 16.0. The SMILES string of the molecule is CC(Nc1ccc2c(c1)CCC(=O)N2C)c1ccc(C#N)cc1. The van der Waals surface area contributed by atoms with Crippen LogP contribution in [0.3, 0.4) is 0 Å². The highest BCUT2D eigenvalue weighted by Crippen LogP contribution is 2.30. The topological polar surface area (TPSA) is 56.1 Å². The molecule has 0 radical (unpaired) electrons. The van der Waals surface area contributed by atoms with Gasteiger partial charge in [0.15, 0.2) is 0 Å². The number of nitrogens with zero attached hydrogens (tertiary/aromatic N) is 2. The minimum atomic E-state index is 0.142. The van der Waals surface area contributed by atoms with Gasteiger partial charge in [-0.05, 0) is 54.8 Å². The summed E-state index contributed by atoms with van der Waals surface area (Å²) in [7, 11) is 1.83. The van der Waals surface area contributed by atoms with Crippen molar-refractivity contribution in [2.45, 2.75) is 25.8 Å². The number of aryl methyl sites for hydroxylation is 1. The molecule has 0 saturated carbocycles. The molecule has 4 nitrogen and oxygen atoms in total. The van der Waals surface area contributed by atoms with Crippen LogP contribution in [-0.2, 0) is 11.2 Å². The van der Waals surface area contributed by atoms with E-state index in [1.54, 1.807) is 4.90 Å². The van der Waals surface area contributed by atoms with Crippen LogP contribution in [0, 0.1) is 11.3 Å². The number of nitriles is 1. The van der Waals surface area contributed by atoms with Crippen LogP contribution in [-0.4, -0.2) is 13.0 Å². The molecule has 4 heteroatoms. The molecule has 0 spiro atoms. The number of nitrogens with one attached hydrogen (secondary N) is 1. The smallest absolute Gasteiger partial charge is 0.227 e. The summed E-state index contributed by atoms with van der Waals surface area (Å²) >= 11 is 0. The van der Waals surface area contributed by atoms with E-state index >= 15 is 0 Å². The zero-order chi connectivity index (χ0) is 16.4. The number of anilines is 2. The van der Waals surface area contributed by atoms with Gasteiger partial charge in [-0.25, -0.2) is 0 Å². The Balaban J connectivity index is 1.77. The fraction of sp³-hybridized carbons (Fsp3) is 0.263. The van der Waals surface area contributed by atoms with Crippen molar-refractivity contribution in [2.75, 3.05) is 17.3 Å². The van der Waals surface area contributed by atoms with Gasteiger partial charge < -0.3 is 10.2 Å². The second kappa shape index (κ2) is 6.13. The summed E-state index contributed by atoms with van der Waals surface area (Å²) in [5, 5.41) is 12.3. The van der Waals surface area contributed by atoms with E-state index in [4.69, 9.17) is 5.26 Å². The molecule has 1 N–H and O–H groups in total. The first-order chi connectivity index (χ1) is 11.1. The minimum Gasteiger partial charge on any atom is -0.379 e. The van der Waals surface area contributed by atoms with Gasteiger partial charge in [0.1, 0.15) is 0 Å². The highest BCUT2D eigenvalue weighted by Gasteiger charge is 2.20. The second-order valence-corrected chi connectivity index (χ2v) is 5.90. The van der Waals surface area contributed by atoms with E-state index in [0.29, 0.717) is 12.0 Å². The Morgan fingerprint density at radius 3 is 2.61 bits per heavy atom. The van der Waals surface area contributed by atoms with Gasteiger partial charge in [-0.2, -0.15) is 5.26 Å². The van der Waals surface area contributed by atoms with Crippen molar-refractivity contribution in [3.63, 3.8) is 0 Å². The highest BCUT2D eigenvalue weighted by molar-refractivity contribution is 5.96. The van der Waals surface area contributed by atoms with E-state index < -0.39 is 0 Å². The maximum absolute atomic E-state index is 11.7. The van der Waals surface area contributed by atoms with Crippen LogP contribution >= 0.6 is 0 Å². The molecule has 116 valence electrons. The summed E-state index contributed by atoms with van der Waals surface area (Å²) in [4.78, 5) is 13.5. The number of benzene rings is 2. The molecule has 1 amide bonds. The van der Waals surface area contributed by atoms with Gasteiger partial charge in [-0.3, -0.25) is 4.79 Å². The standard InChI is InChI=1S/C19H19N3O/c1-13(15-5-3-14(12-20)4-6-15)21-17-8-9-18-16(11-17)7-10-19(23)22(18)2/h3-6,8-9,11,13,21H,7,10H2,1-2H3. The molecule has 23 heavy (non-hydrogen) atoms. The fourth-order valence-electron chi connectivity index (χ4n) is 2.93. The average molecular weight is 305 g/mol. The lowest BCUT2D eigenvalue weighted by molar-refractivity contribution is -0.118. The Labute approximate surface area is 136 Å². The molecule has 1 heterocycles. The Kier molecular flexibility index (Phi) is 4.03. The van der Waals surface area contributed by atoms with E-state index in [0.717, 1.165) is 23.4 Å². The van der Waals surface area contributed by atoms with Crippen LogP contribution in [0.1, 0.15) is 36.1 Å². The van der Waals surface area contributed by atoms with E-state index in [9.17, 15) is 4.79 Å². The third kappa shape index (κ3) is 3.04. The first-order valence-corrected chi connectivity index (χ1v) is 7.74. The number of rotatable bonds is 3. The van der Waals surface area contributed by atoms with Crippen LogP contribution < -0.4 is 10.2 Å². The molecule has 2 aromatic carbocycles. The molecular formula is C19H19N3O. The highest BCUT2D eigenvalue weighted by atomic mass is 16.2. The van der Waals surface area contributed by atoms with Crippen molar-refractivity contribution in [3.05, 3.63) is 59.2 Å². The largest absolute Gasteiger partial charge is 0.379 e. The van der Waals surface area contributed by atoms with Crippen LogP contribution in [0.25, 0.3) is 0 Å². The molecule has 1 unspecified atom stereocenters. The van der Waals surface area contributed by atoms with E-state index in [2.05, 4.69) is 24.4 Å². The van der Waals surface area contributed by atoms with Gasteiger partial charge in [0.2, 0.25) is 5.91 Å². The predicted molar refractivity (Wildman–Crippen MR) is 91.4 cm³/mol. The van der Waals surface area contributed by atoms with E-state index in [1.807, 2.05) is 43.4 Å². The minimum absolute atomic E-state index is 0.142. The van der Waals surface area contributed by atoms with Gasteiger partial charge in [0.05, 0.1) is 11.6 Å². The molecule has 0 saturated heterocycles. The van der Waals surface area contributed by atoms with Crippen molar-refractivity contribution in [1.82, 2.24) is 0 Å². The maximum Gasteiger partial charge on any atom is 0.227 e. The second-order valence-electron chi connectivity index (χ2n) is 5.90. The van der Waals surface area contributed by atoms with E-state index in [-0.39, 0.29) is 11.9 Å². The Hall–Kier alpha value is -2.80. The molecule has 0 fully saturated rings. The lowest BCUT2D eigenvalue weighted by Gasteiger charge is -2.26. The summed E-state index contributed by atoms with van der Waals surface area (Å²) in [6.07, 6.45) is 1.36. The third-order valence-electron chi connectivity index (χ3n) is 4.35. The Bertz CT molecular complexity index is 774. The van der Waals surface area contributed by atoms with Crippen molar-refractivity contribution >= 4 is 17.3 Å². The van der Waals surface area contributed by atoms with Crippen molar-refractivity contribution in [3.8, 4) is 6.07 Å². The van der Waals surface area contributed by atoms with Gasteiger partial charge in [-0.1, -0.05) is 12.1 Å². The molecule has 0 aromatic heterocycles. The predicted octanol–water partition coefficient (Wildman–Crippen LogP) is 3.64. The lowest BCUT2D eigenvalue weighted by Crippen LogP contribution is -2.31. The van der Waals surface area contributed by atoms with Crippen molar-refractivity contribution < 1.29 is 4.79 Å². The molecule has 1 aliphatic heterocycles. The lowest BCUT2D eigenvalue weighted by atomic mass is 10.0. The Morgan fingerprint density at radius 1 is 1.17 bits per heavy atom. The zero-order valence-corrected chi connectivity index (χ0v) is 13.3. The molecule has 3 rings (SSSR count). The van der Waals surface area contributed by atoms with Crippen molar-refractivity contribution in [1.29, 1.82) is 5.26 Å². The summed E-state index contributed by atoms with van der Waals surface area (Å²) in [5.41, 5.74) is 5.04. The fourth-order valence-corrected chi connectivity index (χ4v) is 2.93. The molecule has 1 aliphatic rings. The number of carbonyl (C=O) groups is 1. The maximum atomic E-state index is 11.7. The number of amides is 1. The summed E-state index contributed by atoms with van der Waals surface area (Å²) < 4.78 is 0. The van der Waals surface area contributed by atoms with Gasteiger partial charge in [0, 0.05) is 30.9 Å². The van der Waals surface area contributed by atoms with Gasteiger partial charge in [0.25, 0.3) is 0 Å². The Morgan fingerprint density at radius 2 is 1.91 bits per heavy atom. The van der Waals surface area contributed by atoms with Gasteiger partial charge in [-0.15, -0.1) is 0 Å². The molecule has 0 aliphatic carbocycles. The average Bonchev–Trinajstić information content (AvgIpc) is 2.58. The first-order valence-electron chi connectivity index (χ1n) is 7.74. The van der Waals surface area contributed by atoms with Crippen LogP contribution in [0.4, 0.5) is 11.4 Å². The number of hydrogen-bond acceptors (Lipinski definition) is 3. The number of hydrogen-bond donors (Lipinski definition) is 1. The van der Waals surface area contributed by atoms with Crippen LogP contribution in [0.2, 0.25) is 0 Å².